The maximum atomic E-state index is 11.9. The van der Waals surface area contributed by atoms with Crippen molar-refractivity contribution in [1.29, 1.82) is 0 Å². The van der Waals surface area contributed by atoms with E-state index < -0.39 is 94.2 Å². The topological polar surface area (TPSA) is 302 Å². The molecule has 2 aromatic carbocycles. The van der Waals surface area contributed by atoms with Crippen LogP contribution in [0.25, 0.3) is 10.8 Å². The van der Waals surface area contributed by atoms with Crippen LogP contribution in [0.3, 0.4) is 0 Å². The molecular weight excluding hydrogens is 591 g/mol. The molecule has 2 N–H and O–H groups in total. The summed E-state index contributed by atoms with van der Waals surface area (Å²) < 4.78 is 86.4. The van der Waals surface area contributed by atoms with Crippen molar-refractivity contribution in [3.63, 3.8) is 0 Å². The molecular formula is C18H12N4O14PS2-3. The lowest BCUT2D eigenvalue weighted by molar-refractivity contribution is -0.384. The predicted octanol–water partition coefficient (Wildman–Crippen LogP) is 1.17. The number of carbonyl (C=O) groups is 1. The molecule has 21 heteroatoms. The number of rotatable bonds is 9. The first-order valence-corrected chi connectivity index (χ1v) is 14.1. The number of aromatic nitrogens is 1. The first-order valence-electron chi connectivity index (χ1n) is 9.79. The van der Waals surface area contributed by atoms with E-state index in [1.54, 1.807) is 0 Å². The van der Waals surface area contributed by atoms with Gasteiger partial charge in [-0.3, -0.25) is 19.5 Å². The Morgan fingerprint density at radius 2 is 1.64 bits per heavy atom. The molecule has 3 aromatic rings. The molecule has 0 spiro atoms. The van der Waals surface area contributed by atoms with Gasteiger partial charge in [0.05, 0.1) is 38.3 Å². The molecule has 208 valence electrons. The molecule has 3 rings (SSSR count). The Balaban J connectivity index is 2.34. The zero-order valence-corrected chi connectivity index (χ0v) is 21.5. The van der Waals surface area contributed by atoms with Crippen LogP contribution in [-0.2, 0) is 35.9 Å². The number of aldehydes is 1. The third-order valence-electron chi connectivity index (χ3n) is 4.93. The number of phosphoric acid groups is 1. The van der Waals surface area contributed by atoms with Crippen LogP contribution in [0.15, 0.2) is 44.3 Å². The second-order valence-electron chi connectivity index (χ2n) is 7.47. The number of carbonyl (C=O) groups excluding carboxylic acids is 1. The van der Waals surface area contributed by atoms with Crippen molar-refractivity contribution in [3.8, 4) is 5.75 Å². The Labute approximate surface area is 217 Å². The largest absolute Gasteiger partial charge is 0.756 e. The summed E-state index contributed by atoms with van der Waals surface area (Å²) in [5, 5.41) is 27.0. The van der Waals surface area contributed by atoms with Gasteiger partial charge >= 0.3 is 0 Å². The smallest absolute Gasteiger partial charge is 0.271 e. The number of pyridine rings is 1. The van der Waals surface area contributed by atoms with E-state index in [9.17, 15) is 55.4 Å². The van der Waals surface area contributed by atoms with Crippen LogP contribution in [0, 0.1) is 17.0 Å². The van der Waals surface area contributed by atoms with E-state index in [1.165, 1.54) is 6.92 Å². The van der Waals surface area contributed by atoms with Crippen molar-refractivity contribution >= 4 is 62.3 Å². The molecule has 0 saturated heterocycles. The number of hydrogen-bond acceptors (Lipinski definition) is 16. The van der Waals surface area contributed by atoms with E-state index in [-0.39, 0.29) is 12.0 Å². The van der Waals surface area contributed by atoms with Gasteiger partial charge in [-0.25, -0.2) is 21.8 Å². The van der Waals surface area contributed by atoms with Crippen LogP contribution in [0.1, 0.15) is 21.6 Å². The van der Waals surface area contributed by atoms with E-state index in [0.717, 1.165) is 6.07 Å². The molecule has 0 bridgehead atoms. The van der Waals surface area contributed by atoms with E-state index in [0.29, 0.717) is 18.2 Å². The van der Waals surface area contributed by atoms with Crippen molar-refractivity contribution in [3.05, 3.63) is 51.2 Å². The van der Waals surface area contributed by atoms with Gasteiger partial charge in [0.2, 0.25) is 0 Å². The number of benzene rings is 2. The molecule has 0 aliphatic heterocycles. The number of nitro benzene ring substituents is 1. The first kappa shape index (κ1) is 29.8. The third kappa shape index (κ3) is 6.64. The number of aryl methyl sites for hydroxylation is 1. The Hall–Kier alpha value is -3.75. The standard InChI is InChI=1S/C18H15N4O14PS2/c1-8-17(24)13(6-23)14(7-36-37(27,28)29)18(19-8)21-20-9-2-11-12(15(3-9)38(30,31)32)4-10(22(25)26)5-16(11)39(33,34)35/h2-6,24H,7H2,1H3,(H2,27,28,29)(H,30,31,32)(H,33,34,35)/p-3. The number of phosphoric ester groups is 1. The van der Waals surface area contributed by atoms with Crippen LogP contribution in [0.5, 0.6) is 5.75 Å². The van der Waals surface area contributed by atoms with Gasteiger partial charge in [0.25, 0.3) is 13.5 Å². The summed E-state index contributed by atoms with van der Waals surface area (Å²) in [6.07, 6.45) is 0.0747. The quantitative estimate of drug-likeness (QED) is 0.0865. The van der Waals surface area contributed by atoms with E-state index >= 15 is 0 Å². The van der Waals surface area contributed by atoms with Crippen LogP contribution >= 0.6 is 7.82 Å². The molecule has 1 aromatic heterocycles. The number of nitrogens with zero attached hydrogens (tertiary/aromatic N) is 4. The number of non-ortho nitro benzene ring substituents is 1. The SMILES string of the molecule is Cc1nc(N=Nc2cc(S(=O)(=O)[O-])c3cc([N+](=O)[O-])cc(S(=O)(=O)[O-])c3c2)c(COP(=O)([O-])O)c(C=O)c1O. The molecule has 1 heterocycles. The maximum Gasteiger partial charge on any atom is 0.271 e. The minimum atomic E-state index is -5.48. The first-order chi connectivity index (χ1) is 17.8. The molecule has 0 saturated carbocycles. The maximum absolute atomic E-state index is 11.9. The van der Waals surface area contributed by atoms with Gasteiger partial charge in [-0.1, -0.05) is 0 Å². The van der Waals surface area contributed by atoms with Crippen molar-refractivity contribution < 1.29 is 59.6 Å². The monoisotopic (exact) mass is 603 g/mol. The summed E-state index contributed by atoms with van der Waals surface area (Å²) in [6.45, 7) is 0.119. The van der Waals surface area contributed by atoms with Gasteiger partial charge in [-0.15, -0.1) is 10.2 Å². The average Bonchev–Trinajstić information content (AvgIpc) is 2.80. The number of nitro groups is 1. The minimum Gasteiger partial charge on any atom is -0.756 e. The lowest BCUT2D eigenvalue weighted by Gasteiger charge is -2.17. The molecule has 18 nitrogen and oxygen atoms in total. The summed E-state index contributed by atoms with van der Waals surface area (Å²) in [7, 11) is -16.3. The van der Waals surface area contributed by atoms with Crippen LogP contribution < -0.4 is 4.89 Å². The van der Waals surface area contributed by atoms with Crippen molar-refractivity contribution in [2.75, 3.05) is 0 Å². The highest BCUT2D eigenvalue weighted by Gasteiger charge is 2.22. The molecule has 1 atom stereocenters. The summed E-state index contributed by atoms with van der Waals surface area (Å²) in [5.41, 5.74) is -2.93. The number of fused-ring (bicyclic) bond motifs is 1. The fourth-order valence-corrected chi connectivity index (χ4v) is 4.98. The Morgan fingerprint density at radius 1 is 1.08 bits per heavy atom. The lowest BCUT2D eigenvalue weighted by atomic mass is 10.1. The van der Waals surface area contributed by atoms with Gasteiger partial charge in [0.15, 0.2) is 12.1 Å². The lowest BCUT2D eigenvalue weighted by Crippen LogP contribution is -2.06. The summed E-state index contributed by atoms with van der Waals surface area (Å²) >= 11 is 0. The van der Waals surface area contributed by atoms with Crippen LogP contribution in [-0.4, -0.2) is 52.1 Å². The Bertz CT molecular complexity index is 1830. The highest BCUT2D eigenvalue weighted by Crippen LogP contribution is 2.39. The summed E-state index contributed by atoms with van der Waals surface area (Å²) in [5.74, 6) is -1.31. The average molecular weight is 603 g/mol. The van der Waals surface area contributed by atoms with Crippen molar-refractivity contribution in [2.45, 2.75) is 23.3 Å². The van der Waals surface area contributed by atoms with E-state index in [2.05, 4.69) is 19.7 Å². The zero-order chi connectivity index (χ0) is 29.5. The molecule has 0 aliphatic rings. The second kappa shape index (κ2) is 10.4. The number of aromatic hydroxyl groups is 1. The number of hydrogen-bond donors (Lipinski definition) is 2. The fourth-order valence-electron chi connectivity index (χ4n) is 3.28. The van der Waals surface area contributed by atoms with Gasteiger partial charge in [0, 0.05) is 28.5 Å². The zero-order valence-electron chi connectivity index (χ0n) is 18.9. The third-order valence-corrected chi connectivity index (χ3v) is 7.14. The highest BCUT2D eigenvalue weighted by molar-refractivity contribution is 7.86. The molecule has 0 radical (unpaired) electrons. The van der Waals surface area contributed by atoms with Crippen molar-refractivity contribution in [1.82, 2.24) is 4.98 Å². The summed E-state index contributed by atoms with van der Waals surface area (Å²) in [6, 6.07) is 2.20. The normalized spacial score (nSPS) is 14.0. The Kier molecular flexibility index (Phi) is 7.97. The Morgan fingerprint density at radius 3 is 2.15 bits per heavy atom. The van der Waals surface area contributed by atoms with Crippen LogP contribution in [0.2, 0.25) is 0 Å². The van der Waals surface area contributed by atoms with E-state index in [4.69, 9.17) is 4.89 Å². The van der Waals surface area contributed by atoms with E-state index in [1.807, 2.05) is 0 Å². The predicted molar refractivity (Wildman–Crippen MR) is 121 cm³/mol. The molecule has 0 amide bonds. The molecule has 1 unspecified atom stereocenters. The minimum absolute atomic E-state index is 0.0747. The fraction of sp³-hybridized carbons (Fsp3) is 0.111. The number of azo groups is 1. The summed E-state index contributed by atoms with van der Waals surface area (Å²) in [4.78, 5) is 42.8. The van der Waals surface area contributed by atoms with Gasteiger partial charge in [-0.2, -0.15) is 0 Å². The van der Waals surface area contributed by atoms with Gasteiger partial charge < -0.3 is 28.5 Å². The van der Waals surface area contributed by atoms with Crippen LogP contribution in [0.4, 0.5) is 17.2 Å². The highest BCUT2D eigenvalue weighted by atomic mass is 32.2. The van der Waals surface area contributed by atoms with Crippen molar-refractivity contribution in [2.24, 2.45) is 10.2 Å². The molecule has 0 fully saturated rings. The van der Waals surface area contributed by atoms with Gasteiger partial charge in [0.1, 0.15) is 26.0 Å². The van der Waals surface area contributed by atoms with Gasteiger partial charge in [-0.05, 0) is 19.1 Å². The molecule has 0 aliphatic carbocycles. The molecule has 39 heavy (non-hydrogen) atoms. The second-order valence-corrected chi connectivity index (χ2v) is 11.4.